The van der Waals surface area contributed by atoms with Gasteiger partial charge in [-0.25, -0.2) is 0 Å². The lowest BCUT2D eigenvalue weighted by molar-refractivity contribution is 0.246. The molecule has 0 fully saturated rings. The number of nitrogens with one attached hydrogen (secondary N) is 1. The van der Waals surface area contributed by atoms with Crippen LogP contribution < -0.4 is 10.1 Å². The number of aryl methyl sites for hydroxylation is 1. The maximum Gasteiger partial charge on any atom is 0.123 e. The first-order chi connectivity index (χ1) is 9.74. The molecule has 0 spiro atoms. The Morgan fingerprint density at radius 2 is 2.20 bits per heavy atom. The Kier molecular flexibility index (Phi) is 3.35. The van der Waals surface area contributed by atoms with E-state index in [0.717, 1.165) is 30.0 Å². The Morgan fingerprint density at radius 3 is 3.05 bits per heavy atom. The van der Waals surface area contributed by atoms with Gasteiger partial charge in [-0.15, -0.1) is 6.42 Å². The second-order valence-corrected chi connectivity index (χ2v) is 5.16. The fourth-order valence-electron chi connectivity index (χ4n) is 2.51. The van der Waals surface area contributed by atoms with E-state index in [0.29, 0.717) is 0 Å². The van der Waals surface area contributed by atoms with Crippen molar-refractivity contribution >= 4 is 5.69 Å². The van der Waals surface area contributed by atoms with E-state index in [1.165, 1.54) is 11.1 Å². The molecule has 0 amide bonds. The summed E-state index contributed by atoms with van der Waals surface area (Å²) in [4.78, 5) is 0. The first-order valence-corrected chi connectivity index (χ1v) is 6.81. The predicted octanol–water partition coefficient (Wildman–Crippen LogP) is 3.39. The molecule has 1 atom stereocenters. The maximum absolute atomic E-state index is 5.94. The van der Waals surface area contributed by atoms with E-state index in [1.54, 1.807) is 0 Å². The molecule has 1 N–H and O–H groups in total. The second kappa shape index (κ2) is 5.30. The Labute approximate surface area is 119 Å². The quantitative estimate of drug-likeness (QED) is 0.857. The van der Waals surface area contributed by atoms with Crippen LogP contribution in [0, 0.1) is 19.3 Å². The topological polar surface area (TPSA) is 21.3 Å². The van der Waals surface area contributed by atoms with Crippen LogP contribution in [0.5, 0.6) is 5.75 Å². The minimum Gasteiger partial charge on any atom is -0.488 e. The molecule has 1 heterocycles. The summed E-state index contributed by atoms with van der Waals surface area (Å²) in [6, 6.07) is 14.2. The van der Waals surface area contributed by atoms with E-state index < -0.39 is 0 Å². The van der Waals surface area contributed by atoms with Crippen molar-refractivity contribution in [3.63, 3.8) is 0 Å². The SMILES string of the molecule is C#Cc1cccc(NCC2Cc3cc(C)ccc3O2)c1. The van der Waals surface area contributed by atoms with E-state index >= 15 is 0 Å². The van der Waals surface area contributed by atoms with Crippen LogP contribution in [-0.2, 0) is 6.42 Å². The zero-order valence-corrected chi connectivity index (χ0v) is 11.5. The zero-order chi connectivity index (χ0) is 13.9. The standard InChI is InChI=1S/C18H17NO/c1-3-14-5-4-6-16(10-14)19-12-17-11-15-9-13(2)7-8-18(15)20-17/h1,4-10,17,19H,11-12H2,2H3. The van der Waals surface area contributed by atoms with Gasteiger partial charge < -0.3 is 10.1 Å². The molecule has 0 bridgehead atoms. The Balaban J connectivity index is 1.62. The van der Waals surface area contributed by atoms with Gasteiger partial charge in [0.25, 0.3) is 0 Å². The van der Waals surface area contributed by atoms with Crippen molar-refractivity contribution in [1.29, 1.82) is 0 Å². The molecule has 2 heteroatoms. The van der Waals surface area contributed by atoms with Crippen LogP contribution in [-0.4, -0.2) is 12.6 Å². The van der Waals surface area contributed by atoms with E-state index in [-0.39, 0.29) is 6.10 Å². The van der Waals surface area contributed by atoms with Gasteiger partial charge in [0.15, 0.2) is 0 Å². The molecule has 2 aromatic rings. The van der Waals surface area contributed by atoms with E-state index in [1.807, 2.05) is 24.3 Å². The van der Waals surface area contributed by atoms with Crippen molar-refractivity contribution in [2.24, 2.45) is 0 Å². The van der Waals surface area contributed by atoms with Crippen molar-refractivity contribution in [2.75, 3.05) is 11.9 Å². The van der Waals surface area contributed by atoms with Gasteiger partial charge in [0.1, 0.15) is 11.9 Å². The molecular formula is C18H17NO. The minimum absolute atomic E-state index is 0.182. The summed E-state index contributed by atoms with van der Waals surface area (Å²) in [7, 11) is 0. The van der Waals surface area contributed by atoms with E-state index in [2.05, 4.69) is 36.4 Å². The van der Waals surface area contributed by atoms with Gasteiger partial charge in [0.05, 0.1) is 6.54 Å². The summed E-state index contributed by atoms with van der Waals surface area (Å²) in [5.41, 5.74) is 4.51. The smallest absolute Gasteiger partial charge is 0.123 e. The van der Waals surface area contributed by atoms with Crippen LogP contribution in [0.15, 0.2) is 42.5 Å². The summed E-state index contributed by atoms with van der Waals surface area (Å²) >= 11 is 0. The number of rotatable bonds is 3. The molecule has 1 unspecified atom stereocenters. The molecule has 0 saturated carbocycles. The fourth-order valence-corrected chi connectivity index (χ4v) is 2.51. The van der Waals surface area contributed by atoms with Crippen molar-refractivity contribution in [3.05, 3.63) is 59.2 Å². The average molecular weight is 263 g/mol. The van der Waals surface area contributed by atoms with Gasteiger partial charge in [-0.2, -0.15) is 0 Å². The number of anilines is 1. The highest BCUT2D eigenvalue weighted by Crippen LogP contribution is 2.29. The highest BCUT2D eigenvalue weighted by Gasteiger charge is 2.22. The monoisotopic (exact) mass is 263 g/mol. The van der Waals surface area contributed by atoms with Crippen molar-refractivity contribution in [3.8, 4) is 18.1 Å². The van der Waals surface area contributed by atoms with Crippen molar-refractivity contribution in [2.45, 2.75) is 19.4 Å². The summed E-state index contributed by atoms with van der Waals surface area (Å²) in [5.74, 6) is 3.66. The number of ether oxygens (including phenoxy) is 1. The molecular weight excluding hydrogens is 246 g/mol. The molecule has 0 radical (unpaired) electrons. The Hall–Kier alpha value is -2.40. The molecule has 0 aromatic heterocycles. The Morgan fingerprint density at radius 1 is 1.30 bits per heavy atom. The minimum atomic E-state index is 0.182. The number of hydrogen-bond acceptors (Lipinski definition) is 2. The van der Waals surface area contributed by atoms with Crippen LogP contribution >= 0.6 is 0 Å². The van der Waals surface area contributed by atoms with Crippen LogP contribution in [0.2, 0.25) is 0 Å². The lowest BCUT2D eigenvalue weighted by Gasteiger charge is -2.13. The van der Waals surface area contributed by atoms with Gasteiger partial charge in [0, 0.05) is 17.7 Å². The largest absolute Gasteiger partial charge is 0.488 e. The summed E-state index contributed by atoms with van der Waals surface area (Å²) in [5, 5.41) is 3.39. The molecule has 2 aromatic carbocycles. The van der Waals surface area contributed by atoms with Crippen molar-refractivity contribution in [1.82, 2.24) is 0 Å². The van der Waals surface area contributed by atoms with Gasteiger partial charge in [-0.1, -0.05) is 29.7 Å². The fraction of sp³-hybridized carbons (Fsp3) is 0.222. The molecule has 1 aliphatic rings. The van der Waals surface area contributed by atoms with Crippen LogP contribution in [0.1, 0.15) is 16.7 Å². The third kappa shape index (κ3) is 2.62. The molecule has 1 aliphatic heterocycles. The number of benzene rings is 2. The number of fused-ring (bicyclic) bond motifs is 1. The lowest BCUT2D eigenvalue weighted by atomic mass is 10.1. The first kappa shape index (κ1) is 12.6. The molecule has 3 rings (SSSR count). The second-order valence-electron chi connectivity index (χ2n) is 5.16. The van der Waals surface area contributed by atoms with E-state index in [4.69, 9.17) is 11.2 Å². The maximum atomic E-state index is 5.94. The van der Waals surface area contributed by atoms with Gasteiger partial charge in [0.2, 0.25) is 0 Å². The van der Waals surface area contributed by atoms with Crippen LogP contribution in [0.4, 0.5) is 5.69 Å². The molecule has 100 valence electrons. The molecule has 0 aliphatic carbocycles. The van der Waals surface area contributed by atoms with Gasteiger partial charge >= 0.3 is 0 Å². The number of hydrogen-bond donors (Lipinski definition) is 1. The predicted molar refractivity (Wildman–Crippen MR) is 82.2 cm³/mol. The highest BCUT2D eigenvalue weighted by atomic mass is 16.5. The summed E-state index contributed by atoms with van der Waals surface area (Å²) in [6.07, 6.45) is 6.55. The van der Waals surface area contributed by atoms with Gasteiger partial charge in [-0.3, -0.25) is 0 Å². The van der Waals surface area contributed by atoms with Gasteiger partial charge in [-0.05, 0) is 36.8 Å². The molecule has 0 saturated heterocycles. The zero-order valence-electron chi connectivity index (χ0n) is 11.5. The normalized spacial score (nSPS) is 16.1. The Bertz CT molecular complexity index is 669. The lowest BCUT2D eigenvalue weighted by Crippen LogP contribution is -2.23. The molecule has 2 nitrogen and oxygen atoms in total. The highest BCUT2D eigenvalue weighted by molar-refractivity contribution is 5.50. The van der Waals surface area contributed by atoms with Crippen molar-refractivity contribution < 1.29 is 4.74 Å². The summed E-state index contributed by atoms with van der Waals surface area (Å²) < 4.78 is 5.94. The third-order valence-corrected chi connectivity index (χ3v) is 3.52. The summed E-state index contributed by atoms with van der Waals surface area (Å²) in [6.45, 7) is 2.89. The van der Waals surface area contributed by atoms with E-state index in [9.17, 15) is 0 Å². The third-order valence-electron chi connectivity index (χ3n) is 3.52. The first-order valence-electron chi connectivity index (χ1n) is 6.81. The number of terminal acetylenes is 1. The molecule has 20 heavy (non-hydrogen) atoms. The average Bonchev–Trinajstić information content (AvgIpc) is 2.87. The van der Waals surface area contributed by atoms with Crippen LogP contribution in [0.3, 0.4) is 0 Å². The van der Waals surface area contributed by atoms with Crippen LogP contribution in [0.25, 0.3) is 0 Å².